The molecule has 0 spiro atoms. The van der Waals surface area contributed by atoms with Crippen molar-refractivity contribution in [1.29, 1.82) is 0 Å². The van der Waals surface area contributed by atoms with Crippen molar-refractivity contribution in [3.05, 3.63) is 76.5 Å². The molecule has 0 aliphatic carbocycles. The highest BCUT2D eigenvalue weighted by atomic mass is 16.5. The van der Waals surface area contributed by atoms with Gasteiger partial charge in [0, 0.05) is 10.9 Å². The predicted molar refractivity (Wildman–Crippen MR) is 103 cm³/mol. The number of methoxy groups -OCH3 is 1. The molecule has 0 amide bonds. The number of carbonyl (C=O) groups is 1. The molecular weight excluding hydrogens is 324 g/mol. The summed E-state index contributed by atoms with van der Waals surface area (Å²) in [5.74, 6) is -0.320. The third-order valence-electron chi connectivity index (χ3n) is 4.84. The maximum absolute atomic E-state index is 12.4. The van der Waals surface area contributed by atoms with Crippen LogP contribution in [0.1, 0.15) is 32.7 Å². The van der Waals surface area contributed by atoms with Crippen LogP contribution in [-0.2, 0) is 17.8 Å². The largest absolute Gasteiger partial charge is 0.465 e. The molecule has 26 heavy (non-hydrogen) atoms. The Morgan fingerprint density at radius 2 is 1.73 bits per heavy atom. The summed E-state index contributed by atoms with van der Waals surface area (Å²) in [5, 5.41) is 0.994. The number of ether oxygens (including phenoxy) is 1. The molecule has 2 aromatic carbocycles. The number of rotatable bonds is 5. The van der Waals surface area contributed by atoms with Crippen LogP contribution in [0, 0.1) is 13.8 Å². The van der Waals surface area contributed by atoms with Crippen molar-refractivity contribution in [3.8, 4) is 0 Å². The van der Waals surface area contributed by atoms with Crippen molar-refractivity contribution >= 4 is 16.9 Å². The number of nitrogens with one attached hydrogen (secondary N) is 1. The van der Waals surface area contributed by atoms with Crippen LogP contribution in [0.2, 0.25) is 0 Å². The van der Waals surface area contributed by atoms with Crippen molar-refractivity contribution in [2.24, 2.45) is 0 Å². The Morgan fingerprint density at radius 3 is 2.46 bits per heavy atom. The average Bonchev–Trinajstić information content (AvgIpc) is 2.63. The molecule has 4 heteroatoms. The number of nitrogens with zero attached hydrogens (tertiary/aromatic N) is 1. The van der Waals surface area contributed by atoms with Crippen LogP contribution in [0.5, 0.6) is 0 Å². The number of carbonyl (C=O) groups excluding carboxylic acids is 1. The van der Waals surface area contributed by atoms with E-state index in [1.807, 2.05) is 31.2 Å². The van der Waals surface area contributed by atoms with Crippen molar-refractivity contribution < 1.29 is 14.4 Å². The fraction of sp³-hybridized carbons (Fsp3) is 0.273. The van der Waals surface area contributed by atoms with E-state index in [9.17, 15) is 4.79 Å². The first-order valence-electron chi connectivity index (χ1n) is 8.83. The molecule has 0 radical (unpaired) electrons. The van der Waals surface area contributed by atoms with Crippen molar-refractivity contribution in [2.75, 3.05) is 14.2 Å². The zero-order chi connectivity index (χ0) is 18.7. The second kappa shape index (κ2) is 7.67. The summed E-state index contributed by atoms with van der Waals surface area (Å²) in [6.45, 7) is 5.63. The number of hydrogen-bond donors (Lipinski definition) is 1. The first kappa shape index (κ1) is 18.1. The minimum Gasteiger partial charge on any atom is -0.465 e. The van der Waals surface area contributed by atoms with Gasteiger partial charge in [-0.1, -0.05) is 42.5 Å². The van der Waals surface area contributed by atoms with Gasteiger partial charge in [-0.05, 0) is 31.0 Å². The first-order chi connectivity index (χ1) is 12.5. The molecule has 3 rings (SSSR count). The predicted octanol–water partition coefficient (Wildman–Crippen LogP) is 2.85. The minimum absolute atomic E-state index is 0.320. The molecule has 1 atom stereocenters. The molecular formula is C22H25N2O2+. The summed E-state index contributed by atoms with van der Waals surface area (Å²) in [4.78, 5) is 18.5. The van der Waals surface area contributed by atoms with Gasteiger partial charge in [0.2, 0.25) is 0 Å². The Kier molecular flexibility index (Phi) is 5.33. The Hall–Kier alpha value is -2.72. The summed E-state index contributed by atoms with van der Waals surface area (Å²) in [5.41, 5.74) is 5.82. The minimum atomic E-state index is -0.320. The average molecular weight is 349 g/mol. The summed E-state index contributed by atoms with van der Waals surface area (Å²) < 4.78 is 5.04. The zero-order valence-electron chi connectivity index (χ0n) is 15.8. The van der Waals surface area contributed by atoms with E-state index >= 15 is 0 Å². The third kappa shape index (κ3) is 3.60. The van der Waals surface area contributed by atoms with E-state index in [1.54, 1.807) is 0 Å². The number of aromatic nitrogens is 1. The number of fused-ring (bicyclic) bond motifs is 1. The normalized spacial score (nSPS) is 12.2. The lowest BCUT2D eigenvalue weighted by Gasteiger charge is -2.18. The molecule has 0 aliphatic rings. The Balaban J connectivity index is 1.98. The molecule has 1 unspecified atom stereocenters. The van der Waals surface area contributed by atoms with Crippen LogP contribution in [0.15, 0.2) is 48.5 Å². The van der Waals surface area contributed by atoms with Gasteiger partial charge in [0.15, 0.2) is 0 Å². The topological polar surface area (TPSA) is 43.6 Å². The van der Waals surface area contributed by atoms with Crippen LogP contribution in [0.25, 0.3) is 10.9 Å². The van der Waals surface area contributed by atoms with Gasteiger partial charge in [-0.2, -0.15) is 0 Å². The maximum atomic E-state index is 12.4. The van der Waals surface area contributed by atoms with E-state index in [0.717, 1.165) is 28.7 Å². The molecule has 1 heterocycles. The number of para-hydroxylation sites is 1. The van der Waals surface area contributed by atoms with E-state index in [0.29, 0.717) is 12.1 Å². The van der Waals surface area contributed by atoms with E-state index in [4.69, 9.17) is 9.72 Å². The van der Waals surface area contributed by atoms with Gasteiger partial charge in [0.1, 0.15) is 18.8 Å². The molecule has 1 N–H and O–H groups in total. The van der Waals surface area contributed by atoms with E-state index in [-0.39, 0.29) is 5.97 Å². The van der Waals surface area contributed by atoms with E-state index < -0.39 is 0 Å². The number of aryl methyl sites for hydroxylation is 2. The van der Waals surface area contributed by atoms with Crippen LogP contribution in [0.3, 0.4) is 0 Å². The Labute approximate surface area is 154 Å². The van der Waals surface area contributed by atoms with Crippen molar-refractivity contribution in [3.63, 3.8) is 0 Å². The molecule has 3 aromatic rings. The Bertz CT molecular complexity index is 950. The molecule has 0 saturated heterocycles. The fourth-order valence-electron chi connectivity index (χ4n) is 3.42. The van der Waals surface area contributed by atoms with Gasteiger partial charge in [0.25, 0.3) is 0 Å². The lowest BCUT2D eigenvalue weighted by Crippen LogP contribution is -3.06. The van der Waals surface area contributed by atoms with Crippen LogP contribution >= 0.6 is 0 Å². The number of hydrogen-bond acceptors (Lipinski definition) is 3. The van der Waals surface area contributed by atoms with Gasteiger partial charge in [-0.3, -0.25) is 0 Å². The van der Waals surface area contributed by atoms with E-state index in [1.165, 1.54) is 23.1 Å². The van der Waals surface area contributed by atoms with Crippen LogP contribution in [0.4, 0.5) is 0 Å². The fourth-order valence-corrected chi connectivity index (χ4v) is 3.42. The van der Waals surface area contributed by atoms with Gasteiger partial charge in [0.05, 0.1) is 25.2 Å². The number of benzene rings is 2. The maximum Gasteiger partial charge on any atom is 0.340 e. The lowest BCUT2D eigenvalue weighted by molar-refractivity contribution is -0.908. The summed E-state index contributed by atoms with van der Waals surface area (Å²) in [6.07, 6.45) is 0. The van der Waals surface area contributed by atoms with Gasteiger partial charge >= 0.3 is 5.97 Å². The van der Waals surface area contributed by atoms with Crippen LogP contribution < -0.4 is 4.90 Å². The molecule has 0 aliphatic heterocycles. The number of pyridine rings is 1. The number of esters is 1. The first-order valence-corrected chi connectivity index (χ1v) is 8.83. The van der Waals surface area contributed by atoms with E-state index in [2.05, 4.69) is 38.2 Å². The third-order valence-corrected chi connectivity index (χ3v) is 4.84. The molecule has 0 saturated carbocycles. The highest BCUT2D eigenvalue weighted by Crippen LogP contribution is 2.23. The smallest absolute Gasteiger partial charge is 0.340 e. The second-order valence-corrected chi connectivity index (χ2v) is 6.80. The molecule has 0 bridgehead atoms. The van der Waals surface area contributed by atoms with Gasteiger partial charge in [-0.25, -0.2) is 9.78 Å². The quantitative estimate of drug-likeness (QED) is 0.721. The van der Waals surface area contributed by atoms with Gasteiger partial charge in [-0.15, -0.1) is 0 Å². The van der Waals surface area contributed by atoms with Crippen LogP contribution in [-0.4, -0.2) is 25.1 Å². The Morgan fingerprint density at radius 1 is 1.04 bits per heavy atom. The van der Waals surface area contributed by atoms with Gasteiger partial charge < -0.3 is 9.64 Å². The molecule has 4 nitrogen and oxygen atoms in total. The molecule has 134 valence electrons. The standard InChI is InChI=1S/C22H24N2O2/c1-15-9-5-6-10-17(15)13-24(3)14-20-21(22(25)26-4)16(2)18-11-7-8-12-19(18)23-20/h5-12H,13-14H2,1-4H3/p+1. The van der Waals surface area contributed by atoms with Crippen molar-refractivity contribution in [1.82, 2.24) is 4.98 Å². The monoisotopic (exact) mass is 349 g/mol. The highest BCUT2D eigenvalue weighted by molar-refractivity contribution is 5.98. The molecule has 1 aromatic heterocycles. The summed E-state index contributed by atoms with van der Waals surface area (Å²) in [6, 6.07) is 16.3. The van der Waals surface area contributed by atoms with Crippen molar-refractivity contribution in [2.45, 2.75) is 26.9 Å². The summed E-state index contributed by atoms with van der Waals surface area (Å²) in [7, 11) is 3.55. The lowest BCUT2D eigenvalue weighted by atomic mass is 10.0. The SMILES string of the molecule is COC(=O)c1c(C[NH+](C)Cc2ccccc2C)nc2ccccc2c1C. The summed E-state index contributed by atoms with van der Waals surface area (Å²) >= 11 is 0. The molecule has 0 fully saturated rings. The highest BCUT2D eigenvalue weighted by Gasteiger charge is 2.22. The number of quaternary nitrogens is 1. The second-order valence-electron chi connectivity index (χ2n) is 6.80. The zero-order valence-corrected chi connectivity index (χ0v) is 15.8.